The normalized spacial score (nSPS) is 15.3. The van der Waals surface area contributed by atoms with Gasteiger partial charge in [-0.1, -0.05) is 17.7 Å². The Kier molecular flexibility index (Phi) is 7.90. The van der Waals surface area contributed by atoms with Gasteiger partial charge in [-0.25, -0.2) is 27.1 Å². The van der Waals surface area contributed by atoms with Crippen molar-refractivity contribution in [3.63, 3.8) is 0 Å². The number of hydrogen-bond donors (Lipinski definition) is 1. The number of nitrogens with one attached hydrogen (secondary N) is 1. The summed E-state index contributed by atoms with van der Waals surface area (Å²) < 4.78 is 56.8. The molecule has 1 aliphatic rings. The van der Waals surface area contributed by atoms with Crippen LogP contribution < -0.4 is 14.8 Å². The van der Waals surface area contributed by atoms with Crippen molar-refractivity contribution < 1.29 is 27.0 Å². The quantitative estimate of drug-likeness (QED) is 0.419. The third-order valence-electron chi connectivity index (χ3n) is 5.61. The average Bonchev–Trinajstić information content (AvgIpc) is 2.82. The second-order valence-electron chi connectivity index (χ2n) is 8.09. The molecule has 2 aromatic carbocycles. The van der Waals surface area contributed by atoms with Crippen LogP contribution in [0.2, 0.25) is 5.02 Å². The van der Waals surface area contributed by atoms with Crippen molar-refractivity contribution in [1.82, 2.24) is 14.3 Å². The number of fused-ring (bicyclic) bond motifs is 1. The molecule has 0 bridgehead atoms. The fourth-order valence-electron chi connectivity index (χ4n) is 3.79. The van der Waals surface area contributed by atoms with Crippen molar-refractivity contribution in [2.24, 2.45) is 0 Å². The highest BCUT2D eigenvalue weighted by atomic mass is 35.5. The maximum Gasteiger partial charge on any atom is 0.211 e. The number of anilines is 2. The van der Waals surface area contributed by atoms with Gasteiger partial charge in [0.05, 0.1) is 29.1 Å². The van der Waals surface area contributed by atoms with E-state index in [0.29, 0.717) is 67.4 Å². The lowest BCUT2D eigenvalue weighted by atomic mass is 10.1. The summed E-state index contributed by atoms with van der Waals surface area (Å²) >= 11 is 5.92. The third-order valence-corrected chi connectivity index (χ3v) is 7.21. The summed E-state index contributed by atoms with van der Waals surface area (Å²) in [5.74, 6) is 0.709. The number of halogens is 2. The molecule has 1 N–H and O–H groups in total. The molecule has 0 atom stereocenters. The van der Waals surface area contributed by atoms with Gasteiger partial charge < -0.3 is 19.5 Å². The van der Waals surface area contributed by atoms with Crippen LogP contribution in [0.3, 0.4) is 0 Å². The van der Waals surface area contributed by atoms with E-state index in [-0.39, 0.29) is 16.8 Å². The van der Waals surface area contributed by atoms with Crippen LogP contribution in [0.15, 0.2) is 36.7 Å². The molecule has 1 aromatic heterocycles. The van der Waals surface area contributed by atoms with Crippen LogP contribution in [0.1, 0.15) is 12.8 Å². The van der Waals surface area contributed by atoms with Crippen LogP contribution in [0, 0.1) is 5.82 Å². The summed E-state index contributed by atoms with van der Waals surface area (Å²) in [6, 6.07) is 8.13. The van der Waals surface area contributed by atoms with Gasteiger partial charge in [0.2, 0.25) is 10.0 Å². The molecule has 1 fully saturated rings. The fourth-order valence-corrected chi connectivity index (χ4v) is 4.84. The Labute approximate surface area is 208 Å². The van der Waals surface area contributed by atoms with Crippen molar-refractivity contribution >= 4 is 44.0 Å². The highest BCUT2D eigenvalue weighted by Gasteiger charge is 2.27. The predicted octanol–water partition coefficient (Wildman–Crippen LogP) is 3.99. The molecule has 3 aromatic rings. The van der Waals surface area contributed by atoms with Crippen LogP contribution in [-0.2, 0) is 14.8 Å². The first kappa shape index (κ1) is 25.4. The maximum absolute atomic E-state index is 14.5. The van der Waals surface area contributed by atoms with E-state index in [1.165, 1.54) is 23.0 Å². The standard InChI is InChI=1S/C23H26ClFN4O5S/c1-32-10-11-33-20-13-19-16(12-21(20)34-15-6-8-29(9-7-15)35(2,30)31)23(27-14-26-19)28-18-5-3-4-17(24)22(18)25/h3-5,12-15H,6-11H2,1-2H3,(H,26,27,28). The second kappa shape index (κ2) is 10.9. The smallest absolute Gasteiger partial charge is 0.211 e. The predicted molar refractivity (Wildman–Crippen MR) is 132 cm³/mol. The minimum absolute atomic E-state index is 0.00773. The van der Waals surface area contributed by atoms with Crippen molar-refractivity contribution in [3.05, 3.63) is 47.5 Å². The summed E-state index contributed by atoms with van der Waals surface area (Å²) in [4.78, 5) is 8.61. The number of aromatic nitrogens is 2. The minimum atomic E-state index is -3.24. The number of rotatable bonds is 9. The number of sulfonamides is 1. The van der Waals surface area contributed by atoms with Crippen LogP contribution in [0.5, 0.6) is 11.5 Å². The van der Waals surface area contributed by atoms with Crippen molar-refractivity contribution in [1.29, 1.82) is 0 Å². The van der Waals surface area contributed by atoms with Gasteiger partial charge in [0.1, 0.15) is 24.9 Å². The second-order valence-corrected chi connectivity index (χ2v) is 10.5. The molecule has 0 spiro atoms. The van der Waals surface area contributed by atoms with Crippen LogP contribution in [0.4, 0.5) is 15.9 Å². The van der Waals surface area contributed by atoms with Crippen LogP contribution in [-0.4, -0.2) is 68.5 Å². The van der Waals surface area contributed by atoms with Crippen molar-refractivity contribution in [2.45, 2.75) is 18.9 Å². The van der Waals surface area contributed by atoms with Gasteiger partial charge in [0, 0.05) is 31.7 Å². The van der Waals surface area contributed by atoms with Gasteiger partial charge in [-0.05, 0) is 31.0 Å². The average molecular weight is 525 g/mol. The Hall–Kier alpha value is -2.73. The lowest BCUT2D eigenvalue weighted by Gasteiger charge is -2.31. The summed E-state index contributed by atoms with van der Waals surface area (Å²) in [5.41, 5.74) is 0.741. The Morgan fingerprint density at radius 2 is 1.94 bits per heavy atom. The van der Waals surface area contributed by atoms with E-state index in [1.54, 1.807) is 31.4 Å². The highest BCUT2D eigenvalue weighted by molar-refractivity contribution is 7.88. The zero-order chi connectivity index (χ0) is 25.0. The van der Waals surface area contributed by atoms with Crippen LogP contribution >= 0.6 is 11.6 Å². The summed E-state index contributed by atoms with van der Waals surface area (Å²) in [7, 11) is -1.66. The minimum Gasteiger partial charge on any atom is -0.487 e. The summed E-state index contributed by atoms with van der Waals surface area (Å²) in [6.07, 6.45) is 3.44. The molecule has 188 valence electrons. The molecule has 12 heteroatoms. The third kappa shape index (κ3) is 6.10. The molecule has 1 aliphatic heterocycles. The fraction of sp³-hybridized carbons (Fsp3) is 0.391. The molecule has 4 rings (SSSR count). The van der Waals surface area contributed by atoms with Crippen molar-refractivity contribution in [3.8, 4) is 11.5 Å². The largest absolute Gasteiger partial charge is 0.487 e. The number of hydrogen-bond acceptors (Lipinski definition) is 8. The zero-order valence-electron chi connectivity index (χ0n) is 19.3. The molecule has 0 aliphatic carbocycles. The van der Waals surface area contributed by atoms with E-state index < -0.39 is 15.8 Å². The Morgan fingerprint density at radius 3 is 2.66 bits per heavy atom. The topological polar surface area (TPSA) is 103 Å². The molecule has 0 radical (unpaired) electrons. The van der Waals surface area contributed by atoms with Gasteiger partial charge in [-0.2, -0.15) is 0 Å². The van der Waals surface area contributed by atoms with Gasteiger partial charge in [-0.3, -0.25) is 0 Å². The van der Waals surface area contributed by atoms with E-state index in [9.17, 15) is 12.8 Å². The first-order valence-electron chi connectivity index (χ1n) is 11.0. The van der Waals surface area contributed by atoms with E-state index in [0.717, 1.165) is 0 Å². The van der Waals surface area contributed by atoms with Gasteiger partial charge in [0.15, 0.2) is 17.3 Å². The Morgan fingerprint density at radius 1 is 1.17 bits per heavy atom. The van der Waals surface area contributed by atoms with E-state index in [4.69, 9.17) is 25.8 Å². The monoisotopic (exact) mass is 524 g/mol. The first-order chi connectivity index (χ1) is 16.8. The highest BCUT2D eigenvalue weighted by Crippen LogP contribution is 2.37. The Bertz CT molecular complexity index is 1300. The molecule has 1 saturated heterocycles. The number of ether oxygens (including phenoxy) is 3. The van der Waals surface area contributed by atoms with E-state index in [2.05, 4.69) is 15.3 Å². The number of piperidine rings is 1. The number of nitrogens with zero attached hydrogens (tertiary/aromatic N) is 3. The number of methoxy groups -OCH3 is 1. The Balaban J connectivity index is 1.65. The van der Waals surface area contributed by atoms with Crippen molar-refractivity contribution in [2.75, 3.05) is 45.0 Å². The summed E-state index contributed by atoms with van der Waals surface area (Å²) in [5, 5.41) is 3.57. The molecule has 0 amide bonds. The first-order valence-corrected chi connectivity index (χ1v) is 13.2. The van der Waals surface area contributed by atoms with E-state index >= 15 is 0 Å². The summed E-state index contributed by atoms with van der Waals surface area (Å²) in [6.45, 7) is 1.44. The molecular weight excluding hydrogens is 499 g/mol. The molecule has 0 saturated carbocycles. The van der Waals surface area contributed by atoms with Crippen LogP contribution in [0.25, 0.3) is 10.9 Å². The SMILES string of the molecule is COCCOc1cc2ncnc(Nc3cccc(Cl)c3F)c2cc1OC1CCN(S(C)(=O)=O)CC1. The lowest BCUT2D eigenvalue weighted by molar-refractivity contribution is 0.120. The van der Waals surface area contributed by atoms with E-state index in [1.807, 2.05) is 0 Å². The molecule has 2 heterocycles. The molecule has 35 heavy (non-hydrogen) atoms. The molecule has 9 nitrogen and oxygen atoms in total. The zero-order valence-corrected chi connectivity index (χ0v) is 20.9. The number of benzene rings is 2. The van der Waals surface area contributed by atoms with Gasteiger partial charge in [-0.15, -0.1) is 0 Å². The molecule has 0 unspecified atom stereocenters. The lowest BCUT2D eigenvalue weighted by Crippen LogP contribution is -2.41. The van der Waals surface area contributed by atoms with Gasteiger partial charge >= 0.3 is 0 Å². The molecular formula is C23H26ClFN4O5S. The maximum atomic E-state index is 14.5. The van der Waals surface area contributed by atoms with Gasteiger partial charge in [0.25, 0.3) is 0 Å².